The van der Waals surface area contributed by atoms with Crippen LogP contribution in [0.1, 0.15) is 24.4 Å². The Morgan fingerprint density at radius 3 is 2.54 bits per heavy atom. The molecular formula is C22H25ClN6O6. The van der Waals surface area contributed by atoms with E-state index in [1.807, 2.05) is 4.90 Å². The fraction of sp³-hybridized carbons (Fsp3) is 0.409. The number of ether oxygens (including phenoxy) is 3. The Morgan fingerprint density at radius 2 is 1.97 bits per heavy atom. The summed E-state index contributed by atoms with van der Waals surface area (Å²) in [7, 11) is 4.52. The van der Waals surface area contributed by atoms with Crippen LogP contribution >= 0.6 is 11.6 Å². The van der Waals surface area contributed by atoms with E-state index in [1.165, 1.54) is 37.2 Å². The highest BCUT2D eigenvalue weighted by Crippen LogP contribution is 2.47. The number of anilines is 1. The topological polar surface area (TPSA) is 138 Å². The van der Waals surface area contributed by atoms with E-state index in [0.29, 0.717) is 27.8 Å². The molecule has 3 aromatic rings. The van der Waals surface area contributed by atoms with E-state index in [2.05, 4.69) is 15.4 Å². The third-order valence-corrected chi connectivity index (χ3v) is 6.24. The molecule has 0 saturated heterocycles. The molecule has 186 valence electrons. The molecule has 0 unspecified atom stereocenters. The molecule has 0 aliphatic carbocycles. The van der Waals surface area contributed by atoms with Crippen LogP contribution in [-0.2, 0) is 23.1 Å². The number of aliphatic hydroxyl groups is 1. The van der Waals surface area contributed by atoms with Gasteiger partial charge in [-0.05, 0) is 42.5 Å². The van der Waals surface area contributed by atoms with Gasteiger partial charge < -0.3 is 24.2 Å². The lowest BCUT2D eigenvalue weighted by Crippen LogP contribution is -2.62. The monoisotopic (exact) mass is 504 g/mol. The van der Waals surface area contributed by atoms with Crippen LogP contribution in [0.3, 0.4) is 0 Å². The Bertz CT molecular complexity index is 1200. The van der Waals surface area contributed by atoms with Crippen molar-refractivity contribution in [2.45, 2.75) is 37.5 Å². The van der Waals surface area contributed by atoms with Gasteiger partial charge in [-0.2, -0.15) is 4.80 Å². The second-order valence-electron chi connectivity index (χ2n) is 8.26. The molecule has 1 aliphatic rings. The fourth-order valence-corrected chi connectivity index (χ4v) is 4.49. The van der Waals surface area contributed by atoms with Crippen molar-refractivity contribution in [1.82, 2.24) is 20.2 Å². The predicted molar refractivity (Wildman–Crippen MR) is 125 cm³/mol. The lowest BCUT2D eigenvalue weighted by molar-refractivity contribution is -0.385. The van der Waals surface area contributed by atoms with Crippen LogP contribution in [0, 0.1) is 10.1 Å². The molecule has 0 spiro atoms. The van der Waals surface area contributed by atoms with Crippen LogP contribution < -0.4 is 9.64 Å². The second kappa shape index (κ2) is 9.74. The number of non-ortho nitro benzene ring substituents is 1. The number of tetrazole rings is 1. The summed E-state index contributed by atoms with van der Waals surface area (Å²) in [5, 5.41) is 36.1. The molecule has 2 aromatic carbocycles. The number of nitro groups is 1. The number of benzene rings is 2. The minimum atomic E-state index is -1.38. The van der Waals surface area contributed by atoms with Crippen molar-refractivity contribution in [3.05, 3.63) is 69.0 Å². The Kier molecular flexibility index (Phi) is 6.90. The number of aryl methyl sites for hydroxylation is 1. The van der Waals surface area contributed by atoms with Gasteiger partial charge in [0, 0.05) is 42.6 Å². The standard InChI is InChI=1S/C22H25ClN6O6/c1-22(21(33-3)34-4)20(30)19(16-11-15(29(31)32)9-10-17(16)35-22)28(12-18-24-26-27(2)25-18)14-7-5-13(23)6-8-14/h5-11,19-21,30H,12H2,1-4H3/t19-,20-,22+/m0/s1. The van der Waals surface area contributed by atoms with Gasteiger partial charge in [-0.3, -0.25) is 10.1 Å². The SMILES string of the molecule is COC(OC)[C@]1(C)Oc2ccc([N+](=O)[O-])cc2[C@H](N(Cc2nnn(C)n2)c2ccc(Cl)cc2)[C@@H]1O. The molecular weight excluding hydrogens is 480 g/mol. The zero-order valence-corrected chi connectivity index (χ0v) is 20.3. The average molecular weight is 505 g/mol. The van der Waals surface area contributed by atoms with Crippen molar-refractivity contribution in [2.24, 2.45) is 7.05 Å². The van der Waals surface area contributed by atoms with E-state index in [1.54, 1.807) is 38.2 Å². The summed E-state index contributed by atoms with van der Waals surface area (Å²) >= 11 is 6.12. The first kappa shape index (κ1) is 24.8. The summed E-state index contributed by atoms with van der Waals surface area (Å²) in [6, 6.07) is 10.4. The van der Waals surface area contributed by atoms with E-state index >= 15 is 0 Å². The second-order valence-corrected chi connectivity index (χ2v) is 8.69. The normalized spacial score (nSPS) is 21.5. The van der Waals surface area contributed by atoms with Crippen molar-refractivity contribution < 1.29 is 24.2 Å². The number of halogens is 1. The maximum atomic E-state index is 11.8. The molecule has 1 aliphatic heterocycles. The van der Waals surface area contributed by atoms with Crippen molar-refractivity contribution in [3.63, 3.8) is 0 Å². The van der Waals surface area contributed by atoms with Crippen molar-refractivity contribution in [3.8, 4) is 5.75 Å². The Morgan fingerprint density at radius 1 is 1.29 bits per heavy atom. The summed E-state index contributed by atoms with van der Waals surface area (Å²) < 4.78 is 17.1. The van der Waals surface area contributed by atoms with Gasteiger partial charge >= 0.3 is 0 Å². The minimum Gasteiger partial charge on any atom is -0.479 e. The lowest BCUT2D eigenvalue weighted by Gasteiger charge is -2.49. The molecule has 1 N–H and O–H groups in total. The highest BCUT2D eigenvalue weighted by Gasteiger charge is 2.54. The van der Waals surface area contributed by atoms with Gasteiger partial charge in [-0.15, -0.1) is 10.2 Å². The number of nitro benzene ring substituents is 1. The number of hydrogen-bond acceptors (Lipinski definition) is 10. The number of nitrogens with zero attached hydrogens (tertiary/aromatic N) is 6. The molecule has 1 aromatic heterocycles. The molecule has 0 radical (unpaired) electrons. The molecule has 12 nitrogen and oxygen atoms in total. The number of aliphatic hydroxyl groups excluding tert-OH is 1. The number of aromatic nitrogens is 4. The van der Waals surface area contributed by atoms with E-state index < -0.39 is 29.0 Å². The van der Waals surface area contributed by atoms with E-state index in [9.17, 15) is 15.2 Å². The van der Waals surface area contributed by atoms with Crippen LogP contribution in [0.15, 0.2) is 42.5 Å². The first-order valence-corrected chi connectivity index (χ1v) is 11.0. The van der Waals surface area contributed by atoms with Crippen LogP contribution in [-0.4, -0.2) is 62.5 Å². The minimum absolute atomic E-state index is 0.125. The lowest BCUT2D eigenvalue weighted by atomic mass is 9.83. The van der Waals surface area contributed by atoms with Gasteiger partial charge in [-0.25, -0.2) is 0 Å². The summed E-state index contributed by atoms with van der Waals surface area (Å²) in [6.07, 6.45) is -2.22. The zero-order chi connectivity index (χ0) is 25.3. The summed E-state index contributed by atoms with van der Waals surface area (Å²) in [4.78, 5) is 14.2. The van der Waals surface area contributed by atoms with E-state index in [0.717, 1.165) is 0 Å². The Balaban J connectivity index is 1.92. The molecule has 0 bridgehead atoms. The number of methoxy groups -OCH3 is 2. The average Bonchev–Trinajstić information content (AvgIpc) is 3.24. The van der Waals surface area contributed by atoms with Crippen molar-refractivity contribution >= 4 is 23.0 Å². The van der Waals surface area contributed by atoms with Gasteiger partial charge in [-0.1, -0.05) is 11.6 Å². The number of fused-ring (bicyclic) bond motifs is 1. The fourth-order valence-electron chi connectivity index (χ4n) is 4.37. The molecule has 4 rings (SSSR count). The largest absolute Gasteiger partial charge is 0.479 e. The first-order chi connectivity index (χ1) is 16.7. The molecule has 0 amide bonds. The van der Waals surface area contributed by atoms with Crippen molar-refractivity contribution in [1.29, 1.82) is 0 Å². The highest BCUT2D eigenvalue weighted by molar-refractivity contribution is 6.30. The van der Waals surface area contributed by atoms with Gasteiger partial charge in [0.15, 0.2) is 17.7 Å². The van der Waals surface area contributed by atoms with Crippen LogP contribution in [0.25, 0.3) is 0 Å². The number of hydrogen-bond donors (Lipinski definition) is 1. The smallest absolute Gasteiger partial charge is 0.270 e. The molecule has 0 fully saturated rings. The van der Waals surface area contributed by atoms with E-state index in [-0.39, 0.29) is 12.2 Å². The van der Waals surface area contributed by atoms with Gasteiger partial charge in [0.25, 0.3) is 5.69 Å². The maximum absolute atomic E-state index is 11.8. The summed E-state index contributed by atoms with van der Waals surface area (Å²) in [5.41, 5.74) is -0.442. The summed E-state index contributed by atoms with van der Waals surface area (Å²) in [5.74, 6) is 0.725. The molecule has 2 heterocycles. The van der Waals surface area contributed by atoms with Crippen LogP contribution in [0.4, 0.5) is 11.4 Å². The molecule has 0 saturated carbocycles. The van der Waals surface area contributed by atoms with Gasteiger partial charge in [0.05, 0.1) is 24.6 Å². The highest BCUT2D eigenvalue weighted by atomic mass is 35.5. The molecule has 3 atom stereocenters. The van der Waals surface area contributed by atoms with E-state index in [4.69, 9.17) is 25.8 Å². The third-order valence-electron chi connectivity index (χ3n) is 5.99. The zero-order valence-electron chi connectivity index (χ0n) is 19.5. The van der Waals surface area contributed by atoms with Crippen molar-refractivity contribution in [2.75, 3.05) is 19.1 Å². The Labute approximate surface area is 206 Å². The summed E-state index contributed by atoms with van der Waals surface area (Å²) in [6.45, 7) is 1.79. The Hall–Kier alpha value is -3.32. The van der Waals surface area contributed by atoms with Gasteiger partial charge in [0.2, 0.25) is 0 Å². The van der Waals surface area contributed by atoms with Crippen LogP contribution in [0.2, 0.25) is 5.02 Å². The van der Waals surface area contributed by atoms with Crippen LogP contribution in [0.5, 0.6) is 5.75 Å². The van der Waals surface area contributed by atoms with Gasteiger partial charge in [0.1, 0.15) is 11.9 Å². The molecule has 35 heavy (non-hydrogen) atoms. The quantitative estimate of drug-likeness (QED) is 0.276. The maximum Gasteiger partial charge on any atom is 0.270 e. The third kappa shape index (κ3) is 4.65. The number of rotatable bonds is 8. The predicted octanol–water partition coefficient (Wildman–Crippen LogP) is 2.65. The molecule has 13 heteroatoms. The first-order valence-electron chi connectivity index (χ1n) is 10.6.